The van der Waals surface area contributed by atoms with E-state index in [1.54, 1.807) is 0 Å². The maximum atomic E-state index is 12.3. The lowest BCUT2D eigenvalue weighted by Crippen LogP contribution is -2.25. The molecule has 0 aromatic heterocycles. The third-order valence-electron chi connectivity index (χ3n) is 4.38. The van der Waals surface area contributed by atoms with Crippen LogP contribution < -0.4 is 5.32 Å². The molecule has 1 amide bonds. The van der Waals surface area contributed by atoms with E-state index in [1.165, 1.54) is 27.8 Å². The van der Waals surface area contributed by atoms with Gasteiger partial charge in [0.25, 0.3) is 0 Å². The van der Waals surface area contributed by atoms with Gasteiger partial charge in [0.2, 0.25) is 5.91 Å². The Morgan fingerprint density at radius 1 is 0.913 bits per heavy atom. The molecule has 0 spiro atoms. The third-order valence-corrected chi connectivity index (χ3v) is 4.38. The second kappa shape index (κ2) is 7.96. The summed E-state index contributed by atoms with van der Waals surface area (Å²) in [6.07, 6.45) is 2.46. The summed E-state index contributed by atoms with van der Waals surface area (Å²) < 4.78 is 0. The molecule has 23 heavy (non-hydrogen) atoms. The number of carbonyl (C=O) groups excluding carboxylic acids is 1. The largest absolute Gasteiger partial charge is 0.352 e. The Hall–Kier alpha value is -2.09. The molecule has 0 aliphatic carbocycles. The van der Waals surface area contributed by atoms with Crippen molar-refractivity contribution >= 4 is 5.91 Å². The Kier molecular flexibility index (Phi) is 5.97. The van der Waals surface area contributed by atoms with Crippen LogP contribution in [0.3, 0.4) is 0 Å². The van der Waals surface area contributed by atoms with Gasteiger partial charge in [-0.25, -0.2) is 0 Å². The minimum absolute atomic E-state index is 0.0842. The predicted molar refractivity (Wildman–Crippen MR) is 96.7 cm³/mol. The molecule has 0 radical (unpaired) electrons. The highest BCUT2D eigenvalue weighted by atomic mass is 16.1. The standard InChI is InChI=1S/C21H27NO/c1-5-17-8-10-18(6-2)20(12-17)14-22-21(23)13-19-9-7-15(3)11-16(19)4/h7-12H,5-6,13-14H2,1-4H3,(H,22,23). The van der Waals surface area contributed by atoms with Gasteiger partial charge in [0.15, 0.2) is 0 Å². The van der Waals surface area contributed by atoms with E-state index < -0.39 is 0 Å². The van der Waals surface area contributed by atoms with E-state index in [2.05, 4.69) is 69.4 Å². The van der Waals surface area contributed by atoms with E-state index in [1.807, 2.05) is 0 Å². The molecular formula is C21H27NO. The van der Waals surface area contributed by atoms with Gasteiger partial charge in [-0.1, -0.05) is 55.8 Å². The fourth-order valence-electron chi connectivity index (χ4n) is 2.88. The topological polar surface area (TPSA) is 29.1 Å². The van der Waals surface area contributed by atoms with Crippen LogP contribution in [0.1, 0.15) is 47.2 Å². The normalized spacial score (nSPS) is 10.6. The average molecular weight is 309 g/mol. The molecule has 0 unspecified atom stereocenters. The molecule has 0 aliphatic heterocycles. The van der Waals surface area contributed by atoms with Gasteiger partial charge in [-0.15, -0.1) is 0 Å². The minimum Gasteiger partial charge on any atom is -0.352 e. The number of benzene rings is 2. The summed E-state index contributed by atoms with van der Waals surface area (Å²) >= 11 is 0. The maximum Gasteiger partial charge on any atom is 0.224 e. The maximum absolute atomic E-state index is 12.3. The van der Waals surface area contributed by atoms with Crippen LogP contribution in [-0.2, 0) is 30.6 Å². The van der Waals surface area contributed by atoms with E-state index >= 15 is 0 Å². The summed E-state index contributed by atoms with van der Waals surface area (Å²) in [5.74, 6) is 0.0842. The monoisotopic (exact) mass is 309 g/mol. The zero-order valence-electron chi connectivity index (χ0n) is 14.7. The number of nitrogens with one attached hydrogen (secondary N) is 1. The van der Waals surface area contributed by atoms with E-state index in [0.717, 1.165) is 18.4 Å². The Morgan fingerprint density at radius 3 is 2.30 bits per heavy atom. The summed E-state index contributed by atoms with van der Waals surface area (Å²) in [4.78, 5) is 12.3. The Bertz CT molecular complexity index is 688. The van der Waals surface area contributed by atoms with Gasteiger partial charge in [-0.05, 0) is 54.5 Å². The lowest BCUT2D eigenvalue weighted by atomic mass is 10.0. The zero-order valence-corrected chi connectivity index (χ0v) is 14.7. The summed E-state index contributed by atoms with van der Waals surface area (Å²) in [5, 5.41) is 3.08. The van der Waals surface area contributed by atoms with Crippen LogP contribution in [0.5, 0.6) is 0 Å². The fourth-order valence-corrected chi connectivity index (χ4v) is 2.88. The first-order valence-electron chi connectivity index (χ1n) is 8.47. The molecule has 0 heterocycles. The van der Waals surface area contributed by atoms with Crippen molar-refractivity contribution < 1.29 is 4.79 Å². The predicted octanol–water partition coefficient (Wildman–Crippen LogP) is 4.29. The van der Waals surface area contributed by atoms with Gasteiger partial charge in [0.1, 0.15) is 0 Å². The smallest absolute Gasteiger partial charge is 0.224 e. The zero-order chi connectivity index (χ0) is 16.8. The number of rotatable bonds is 6. The molecule has 0 bridgehead atoms. The Morgan fingerprint density at radius 2 is 1.65 bits per heavy atom. The molecule has 2 rings (SSSR count). The van der Waals surface area contributed by atoms with Crippen LogP contribution in [0.15, 0.2) is 36.4 Å². The average Bonchev–Trinajstić information content (AvgIpc) is 2.55. The highest BCUT2D eigenvalue weighted by molar-refractivity contribution is 5.79. The molecule has 0 atom stereocenters. The summed E-state index contributed by atoms with van der Waals surface area (Å²) in [5.41, 5.74) is 7.39. The molecule has 2 nitrogen and oxygen atoms in total. The number of amides is 1. The van der Waals surface area contributed by atoms with Crippen molar-refractivity contribution in [1.29, 1.82) is 0 Å². The molecule has 0 fully saturated rings. The van der Waals surface area contributed by atoms with Gasteiger partial charge in [0.05, 0.1) is 6.42 Å². The van der Waals surface area contributed by atoms with Crippen LogP contribution >= 0.6 is 0 Å². The van der Waals surface area contributed by atoms with Crippen LogP contribution in [0.4, 0.5) is 0 Å². The summed E-state index contributed by atoms with van der Waals surface area (Å²) in [6, 6.07) is 12.8. The molecule has 0 saturated carbocycles. The van der Waals surface area contributed by atoms with Crippen LogP contribution in [0.25, 0.3) is 0 Å². The Labute approximate surface area is 139 Å². The SMILES string of the molecule is CCc1ccc(CC)c(CNC(=O)Cc2ccc(C)cc2C)c1. The van der Waals surface area contributed by atoms with E-state index in [9.17, 15) is 4.79 Å². The first kappa shape index (κ1) is 17.3. The van der Waals surface area contributed by atoms with Crippen LogP contribution in [0, 0.1) is 13.8 Å². The minimum atomic E-state index is 0.0842. The first-order valence-corrected chi connectivity index (χ1v) is 8.47. The third kappa shape index (κ3) is 4.69. The van der Waals surface area contributed by atoms with Gasteiger partial charge >= 0.3 is 0 Å². The van der Waals surface area contributed by atoms with Gasteiger partial charge in [-0.2, -0.15) is 0 Å². The highest BCUT2D eigenvalue weighted by Crippen LogP contribution is 2.14. The molecule has 1 N–H and O–H groups in total. The number of hydrogen-bond acceptors (Lipinski definition) is 1. The van der Waals surface area contributed by atoms with Crippen molar-refractivity contribution in [1.82, 2.24) is 5.32 Å². The van der Waals surface area contributed by atoms with Crippen molar-refractivity contribution in [2.24, 2.45) is 0 Å². The Balaban J connectivity index is 2.01. The van der Waals surface area contributed by atoms with E-state index in [0.29, 0.717) is 13.0 Å². The lowest BCUT2D eigenvalue weighted by Gasteiger charge is -2.12. The quantitative estimate of drug-likeness (QED) is 0.847. The van der Waals surface area contributed by atoms with E-state index in [-0.39, 0.29) is 5.91 Å². The molecule has 2 aromatic rings. The van der Waals surface area contributed by atoms with Crippen molar-refractivity contribution in [2.75, 3.05) is 0 Å². The lowest BCUT2D eigenvalue weighted by molar-refractivity contribution is -0.120. The molecular weight excluding hydrogens is 282 g/mol. The van der Waals surface area contributed by atoms with Gasteiger partial charge < -0.3 is 5.32 Å². The summed E-state index contributed by atoms with van der Waals surface area (Å²) in [6.45, 7) is 9.06. The first-order chi connectivity index (χ1) is 11.0. The van der Waals surface area contributed by atoms with Crippen molar-refractivity contribution in [3.8, 4) is 0 Å². The van der Waals surface area contributed by atoms with Gasteiger partial charge in [0, 0.05) is 6.54 Å². The molecule has 0 saturated heterocycles. The molecule has 2 heteroatoms. The number of aryl methyl sites for hydroxylation is 4. The fraction of sp³-hybridized carbons (Fsp3) is 0.381. The van der Waals surface area contributed by atoms with Crippen LogP contribution in [0.2, 0.25) is 0 Å². The molecule has 122 valence electrons. The van der Waals surface area contributed by atoms with Crippen LogP contribution in [-0.4, -0.2) is 5.91 Å². The van der Waals surface area contributed by atoms with Crippen molar-refractivity contribution in [3.05, 3.63) is 69.8 Å². The number of hydrogen-bond donors (Lipinski definition) is 1. The van der Waals surface area contributed by atoms with E-state index in [4.69, 9.17) is 0 Å². The van der Waals surface area contributed by atoms with Crippen molar-refractivity contribution in [2.45, 2.75) is 53.5 Å². The van der Waals surface area contributed by atoms with Gasteiger partial charge in [-0.3, -0.25) is 4.79 Å². The second-order valence-corrected chi connectivity index (χ2v) is 6.19. The number of carbonyl (C=O) groups is 1. The summed E-state index contributed by atoms with van der Waals surface area (Å²) in [7, 11) is 0. The molecule has 2 aromatic carbocycles. The second-order valence-electron chi connectivity index (χ2n) is 6.19. The van der Waals surface area contributed by atoms with Crippen molar-refractivity contribution in [3.63, 3.8) is 0 Å². The highest BCUT2D eigenvalue weighted by Gasteiger charge is 2.08. The molecule has 0 aliphatic rings.